The molecule has 0 fully saturated rings. The number of anilines is 1. The number of aryl methyl sites for hydroxylation is 1. The molecular weight excluding hydrogens is 448 g/mol. The van der Waals surface area contributed by atoms with Crippen LogP contribution >= 0.6 is 23.6 Å². The summed E-state index contributed by atoms with van der Waals surface area (Å²) < 4.78 is 4.87. The van der Waals surface area contributed by atoms with Gasteiger partial charge in [-0.25, -0.2) is 4.79 Å². The molecule has 1 heterocycles. The number of carbonyl (C=O) groups excluding carboxylic acids is 2. The molecule has 0 aliphatic heterocycles. The number of thiocarbonyl (C=S) groups is 1. The van der Waals surface area contributed by atoms with E-state index < -0.39 is 33.1 Å². The largest absolute Gasteiger partial charge is 0.465 e. The first-order valence-electron chi connectivity index (χ1n) is 9.00. The van der Waals surface area contributed by atoms with Crippen LogP contribution in [-0.4, -0.2) is 33.9 Å². The van der Waals surface area contributed by atoms with Crippen LogP contribution in [0.3, 0.4) is 0 Å². The van der Waals surface area contributed by atoms with Crippen molar-refractivity contribution in [2.24, 2.45) is 0 Å². The number of hydrogen-bond donors (Lipinski definition) is 2. The molecule has 3 rings (SSSR count). The van der Waals surface area contributed by atoms with Crippen molar-refractivity contribution < 1.29 is 24.2 Å². The molecule has 1 aromatic carbocycles. The van der Waals surface area contributed by atoms with Gasteiger partial charge in [-0.3, -0.25) is 30.3 Å². The van der Waals surface area contributed by atoms with Gasteiger partial charge in [0.05, 0.1) is 34.1 Å². The number of hydrogen-bond acceptors (Lipinski definition) is 9. The molecule has 1 aliphatic carbocycles. The number of amides is 1. The monoisotopic (exact) mass is 464 g/mol. The Morgan fingerprint density at radius 2 is 1.71 bits per heavy atom. The minimum absolute atomic E-state index is 0.164. The third-order valence-corrected chi connectivity index (χ3v) is 6.01. The Balaban J connectivity index is 1.83. The SMILES string of the molecule is COC(=O)c1c(NC(=S)NC(=O)c2cc([N+](=O)[O-])cc([N+](=O)[O-])c2)sc2c1CCCC2. The highest BCUT2D eigenvalue weighted by Crippen LogP contribution is 2.38. The van der Waals surface area contributed by atoms with Gasteiger partial charge < -0.3 is 10.1 Å². The van der Waals surface area contributed by atoms with E-state index in [1.165, 1.54) is 18.4 Å². The van der Waals surface area contributed by atoms with Gasteiger partial charge in [0.2, 0.25) is 0 Å². The lowest BCUT2D eigenvalue weighted by molar-refractivity contribution is -0.394. The molecule has 11 nitrogen and oxygen atoms in total. The van der Waals surface area contributed by atoms with Gasteiger partial charge in [-0.15, -0.1) is 11.3 Å². The predicted molar refractivity (Wildman–Crippen MR) is 116 cm³/mol. The van der Waals surface area contributed by atoms with Crippen LogP contribution in [0.2, 0.25) is 0 Å². The van der Waals surface area contributed by atoms with Gasteiger partial charge in [0.15, 0.2) is 5.11 Å². The summed E-state index contributed by atoms with van der Waals surface area (Å²) >= 11 is 6.49. The Labute approximate surface area is 184 Å². The molecule has 1 amide bonds. The van der Waals surface area contributed by atoms with Crippen LogP contribution in [0, 0.1) is 20.2 Å². The average molecular weight is 464 g/mol. The highest BCUT2D eigenvalue weighted by Gasteiger charge is 2.27. The standard InChI is InChI=1S/C18H16N4O7S2/c1-29-17(24)14-12-4-2-3-5-13(12)31-16(14)20-18(30)19-15(23)9-6-10(21(25)26)8-11(7-9)22(27)28/h6-8H,2-5H2,1H3,(H2,19,20,23,30). The molecule has 0 spiro atoms. The van der Waals surface area contributed by atoms with Crippen molar-refractivity contribution in [2.45, 2.75) is 25.7 Å². The van der Waals surface area contributed by atoms with Gasteiger partial charge in [0.25, 0.3) is 17.3 Å². The molecule has 0 bridgehead atoms. The van der Waals surface area contributed by atoms with Crippen LogP contribution in [-0.2, 0) is 17.6 Å². The summed E-state index contributed by atoms with van der Waals surface area (Å²) in [5.41, 5.74) is -0.239. The molecule has 162 valence electrons. The Kier molecular flexibility index (Phi) is 6.56. The number of non-ortho nitro benzene ring substituents is 2. The van der Waals surface area contributed by atoms with E-state index in [4.69, 9.17) is 17.0 Å². The summed E-state index contributed by atoms with van der Waals surface area (Å²) in [6.07, 6.45) is 3.50. The maximum Gasteiger partial charge on any atom is 0.341 e. The molecule has 13 heteroatoms. The van der Waals surface area contributed by atoms with Gasteiger partial charge in [-0.1, -0.05) is 0 Å². The van der Waals surface area contributed by atoms with Crippen molar-refractivity contribution in [3.63, 3.8) is 0 Å². The van der Waals surface area contributed by atoms with Crippen LogP contribution < -0.4 is 10.6 Å². The highest BCUT2D eigenvalue weighted by atomic mass is 32.1. The predicted octanol–water partition coefficient (Wildman–Crippen LogP) is 3.36. The minimum Gasteiger partial charge on any atom is -0.465 e. The number of ether oxygens (including phenoxy) is 1. The van der Waals surface area contributed by atoms with Crippen molar-refractivity contribution in [1.82, 2.24) is 5.32 Å². The third kappa shape index (κ3) is 4.83. The zero-order valence-electron chi connectivity index (χ0n) is 16.1. The fourth-order valence-electron chi connectivity index (χ4n) is 3.22. The molecule has 31 heavy (non-hydrogen) atoms. The molecule has 0 unspecified atom stereocenters. The summed E-state index contributed by atoms with van der Waals surface area (Å²) in [7, 11) is 1.27. The molecule has 1 aromatic heterocycles. The van der Waals surface area contributed by atoms with Gasteiger partial charge in [0, 0.05) is 17.0 Å². The summed E-state index contributed by atoms with van der Waals surface area (Å²) in [6, 6.07) is 2.58. The quantitative estimate of drug-likeness (QED) is 0.293. The lowest BCUT2D eigenvalue weighted by Gasteiger charge is -2.12. The molecule has 2 N–H and O–H groups in total. The second-order valence-corrected chi connectivity index (χ2v) is 8.08. The van der Waals surface area contributed by atoms with E-state index in [-0.39, 0.29) is 10.7 Å². The van der Waals surface area contributed by atoms with Crippen molar-refractivity contribution in [3.8, 4) is 0 Å². The molecule has 0 saturated heterocycles. The van der Waals surface area contributed by atoms with E-state index in [2.05, 4.69) is 10.6 Å². The van der Waals surface area contributed by atoms with E-state index >= 15 is 0 Å². The van der Waals surface area contributed by atoms with Crippen LogP contribution in [0.25, 0.3) is 0 Å². The summed E-state index contributed by atoms with van der Waals surface area (Å²) in [5.74, 6) is -1.39. The lowest BCUT2D eigenvalue weighted by atomic mass is 9.95. The summed E-state index contributed by atoms with van der Waals surface area (Å²) in [6.45, 7) is 0. The van der Waals surface area contributed by atoms with Gasteiger partial charge in [0.1, 0.15) is 5.00 Å². The second kappa shape index (κ2) is 9.14. The van der Waals surface area contributed by atoms with E-state index in [9.17, 15) is 29.8 Å². The number of esters is 1. The molecule has 0 atom stereocenters. The number of carbonyl (C=O) groups is 2. The number of nitro benzene ring substituents is 2. The first kappa shape index (κ1) is 22.2. The number of benzene rings is 1. The smallest absolute Gasteiger partial charge is 0.341 e. The fraction of sp³-hybridized carbons (Fsp3) is 0.278. The Bertz CT molecular complexity index is 1080. The van der Waals surface area contributed by atoms with E-state index in [0.29, 0.717) is 10.6 Å². The van der Waals surface area contributed by atoms with Crippen LogP contribution in [0.4, 0.5) is 16.4 Å². The van der Waals surface area contributed by atoms with Crippen molar-refractivity contribution in [3.05, 3.63) is 60.0 Å². The zero-order chi connectivity index (χ0) is 22.7. The van der Waals surface area contributed by atoms with Crippen molar-refractivity contribution in [1.29, 1.82) is 0 Å². The molecule has 1 aliphatic rings. The van der Waals surface area contributed by atoms with Gasteiger partial charge in [-0.2, -0.15) is 0 Å². The number of nitrogens with one attached hydrogen (secondary N) is 2. The number of methoxy groups -OCH3 is 1. The first-order chi connectivity index (χ1) is 14.7. The second-order valence-electron chi connectivity index (χ2n) is 6.57. The Morgan fingerprint density at radius 3 is 2.29 bits per heavy atom. The van der Waals surface area contributed by atoms with Gasteiger partial charge >= 0.3 is 5.97 Å². The van der Waals surface area contributed by atoms with Crippen LogP contribution in [0.5, 0.6) is 0 Å². The Hall–Kier alpha value is -3.45. The number of thiophene rings is 1. The molecule has 0 saturated carbocycles. The topological polar surface area (TPSA) is 154 Å². The first-order valence-corrected chi connectivity index (χ1v) is 10.2. The maximum atomic E-state index is 12.5. The lowest BCUT2D eigenvalue weighted by Crippen LogP contribution is -2.34. The zero-order valence-corrected chi connectivity index (χ0v) is 17.8. The summed E-state index contributed by atoms with van der Waals surface area (Å²) in [4.78, 5) is 46.2. The number of rotatable bonds is 5. The highest BCUT2D eigenvalue weighted by molar-refractivity contribution is 7.80. The Morgan fingerprint density at radius 1 is 1.10 bits per heavy atom. The number of nitro groups is 2. The van der Waals surface area contributed by atoms with Crippen LogP contribution in [0.15, 0.2) is 18.2 Å². The van der Waals surface area contributed by atoms with Crippen molar-refractivity contribution >= 4 is 56.9 Å². The average Bonchev–Trinajstić information content (AvgIpc) is 3.10. The van der Waals surface area contributed by atoms with E-state index in [1.54, 1.807) is 0 Å². The normalized spacial score (nSPS) is 12.4. The third-order valence-electron chi connectivity index (χ3n) is 4.60. The van der Waals surface area contributed by atoms with Crippen LogP contribution in [0.1, 0.15) is 44.0 Å². The van der Waals surface area contributed by atoms with Gasteiger partial charge in [-0.05, 0) is 43.5 Å². The van der Waals surface area contributed by atoms with E-state index in [0.717, 1.165) is 54.3 Å². The fourth-order valence-corrected chi connectivity index (χ4v) is 4.76. The minimum atomic E-state index is -0.870. The number of fused-ring (bicyclic) bond motifs is 1. The van der Waals surface area contributed by atoms with E-state index in [1.807, 2.05) is 0 Å². The molecule has 2 aromatic rings. The van der Waals surface area contributed by atoms with Crippen molar-refractivity contribution in [2.75, 3.05) is 12.4 Å². The molecular formula is C18H16N4O7S2. The number of nitrogens with zero attached hydrogens (tertiary/aromatic N) is 2. The molecule has 0 radical (unpaired) electrons. The summed E-state index contributed by atoms with van der Waals surface area (Å²) in [5, 5.41) is 27.4. The maximum absolute atomic E-state index is 12.5.